The van der Waals surface area contributed by atoms with Crippen molar-refractivity contribution in [2.75, 3.05) is 13.1 Å². The number of carbonyl (C=O) groups is 1. The molecule has 0 bridgehead atoms. The third-order valence-electron chi connectivity index (χ3n) is 4.20. The Balaban J connectivity index is 1.48. The summed E-state index contributed by atoms with van der Waals surface area (Å²) >= 11 is 0. The van der Waals surface area contributed by atoms with E-state index < -0.39 is 0 Å². The van der Waals surface area contributed by atoms with Gasteiger partial charge in [-0.3, -0.25) is 19.7 Å². The number of hydrogen-bond acceptors (Lipinski definition) is 4. The number of nitrogens with zero attached hydrogens (tertiary/aromatic N) is 4. The first-order valence-corrected chi connectivity index (χ1v) is 7.75. The van der Waals surface area contributed by atoms with Crippen molar-refractivity contribution >= 4 is 5.91 Å². The van der Waals surface area contributed by atoms with Crippen molar-refractivity contribution in [2.45, 2.75) is 31.6 Å². The van der Waals surface area contributed by atoms with Crippen LogP contribution < -0.4 is 0 Å². The first kappa shape index (κ1) is 14.6. The first-order valence-electron chi connectivity index (χ1n) is 7.75. The summed E-state index contributed by atoms with van der Waals surface area (Å²) in [7, 11) is 0. The van der Waals surface area contributed by atoms with Crippen molar-refractivity contribution in [3.63, 3.8) is 0 Å². The molecule has 1 fully saturated rings. The van der Waals surface area contributed by atoms with Crippen LogP contribution >= 0.6 is 0 Å². The zero-order valence-corrected chi connectivity index (χ0v) is 12.6. The summed E-state index contributed by atoms with van der Waals surface area (Å²) in [4.78, 5) is 26.9. The predicted octanol–water partition coefficient (Wildman–Crippen LogP) is 2.21. The molecule has 0 radical (unpaired) electrons. The van der Waals surface area contributed by atoms with Gasteiger partial charge in [0.25, 0.3) is 0 Å². The number of rotatable bonds is 4. The number of pyridine rings is 1. The Morgan fingerprint density at radius 1 is 1.14 bits per heavy atom. The van der Waals surface area contributed by atoms with Crippen molar-refractivity contribution in [3.05, 3.63) is 54.4 Å². The second-order valence-corrected chi connectivity index (χ2v) is 5.65. The standard InChI is InChI=1S/C17H20N4O/c22-17(4-3-14-2-1-7-18-12-14)21-10-5-15(6-11-21)16-13-19-8-9-20-16/h1-2,7-9,12-13,15H,3-6,10-11H2. The van der Waals surface area contributed by atoms with Crippen LogP contribution in [0, 0.1) is 0 Å². The minimum atomic E-state index is 0.237. The number of aryl methyl sites for hydroxylation is 1. The van der Waals surface area contributed by atoms with Gasteiger partial charge in [0, 0.05) is 56.4 Å². The third kappa shape index (κ3) is 3.67. The van der Waals surface area contributed by atoms with Gasteiger partial charge in [-0.25, -0.2) is 0 Å². The van der Waals surface area contributed by atoms with Gasteiger partial charge in [-0.2, -0.15) is 0 Å². The summed E-state index contributed by atoms with van der Waals surface area (Å²) in [6.07, 6.45) is 12.1. The number of likely N-dealkylation sites (tertiary alicyclic amines) is 1. The molecule has 3 heterocycles. The quantitative estimate of drug-likeness (QED) is 0.868. The lowest BCUT2D eigenvalue weighted by atomic mass is 9.93. The SMILES string of the molecule is O=C(CCc1cccnc1)N1CCC(c2cnccn2)CC1. The average molecular weight is 296 g/mol. The van der Waals surface area contributed by atoms with Crippen LogP contribution in [0.25, 0.3) is 0 Å². The number of carbonyl (C=O) groups excluding carboxylic acids is 1. The van der Waals surface area contributed by atoms with Crippen molar-refractivity contribution in [1.82, 2.24) is 19.9 Å². The third-order valence-corrected chi connectivity index (χ3v) is 4.20. The van der Waals surface area contributed by atoms with E-state index in [1.165, 1.54) is 0 Å². The highest BCUT2D eigenvalue weighted by molar-refractivity contribution is 5.76. The highest BCUT2D eigenvalue weighted by Crippen LogP contribution is 2.26. The van der Waals surface area contributed by atoms with Gasteiger partial charge in [0.05, 0.1) is 5.69 Å². The lowest BCUT2D eigenvalue weighted by Gasteiger charge is -2.31. The Kier molecular flexibility index (Phi) is 4.73. The highest BCUT2D eigenvalue weighted by Gasteiger charge is 2.24. The van der Waals surface area contributed by atoms with Crippen molar-refractivity contribution in [1.29, 1.82) is 0 Å². The monoisotopic (exact) mass is 296 g/mol. The van der Waals surface area contributed by atoms with Crippen LogP contribution in [0.2, 0.25) is 0 Å². The van der Waals surface area contributed by atoms with E-state index in [1.54, 1.807) is 18.6 Å². The summed E-state index contributed by atoms with van der Waals surface area (Å²) in [5.74, 6) is 0.664. The van der Waals surface area contributed by atoms with Crippen molar-refractivity contribution < 1.29 is 4.79 Å². The van der Waals surface area contributed by atoms with Gasteiger partial charge < -0.3 is 4.90 Å². The van der Waals surface area contributed by atoms with Gasteiger partial charge in [-0.1, -0.05) is 6.07 Å². The minimum Gasteiger partial charge on any atom is -0.343 e. The molecule has 0 unspecified atom stereocenters. The van der Waals surface area contributed by atoms with E-state index in [0.29, 0.717) is 12.3 Å². The molecule has 1 saturated heterocycles. The highest BCUT2D eigenvalue weighted by atomic mass is 16.2. The summed E-state index contributed by atoms with van der Waals surface area (Å²) in [6, 6.07) is 3.92. The molecule has 3 rings (SSSR count). The van der Waals surface area contributed by atoms with Crippen LogP contribution in [-0.2, 0) is 11.2 Å². The molecule has 5 heteroatoms. The molecule has 0 N–H and O–H groups in total. The van der Waals surface area contributed by atoms with Crippen LogP contribution in [0.4, 0.5) is 0 Å². The summed E-state index contributed by atoms with van der Waals surface area (Å²) < 4.78 is 0. The summed E-state index contributed by atoms with van der Waals surface area (Å²) in [5.41, 5.74) is 2.16. The Morgan fingerprint density at radius 2 is 1.95 bits per heavy atom. The molecule has 0 spiro atoms. The lowest BCUT2D eigenvalue weighted by Crippen LogP contribution is -2.38. The Hall–Kier alpha value is -2.30. The lowest BCUT2D eigenvalue weighted by molar-refractivity contribution is -0.132. The molecule has 2 aromatic heterocycles. The number of hydrogen-bond donors (Lipinski definition) is 0. The second kappa shape index (κ2) is 7.11. The molecular formula is C17H20N4O. The fourth-order valence-electron chi connectivity index (χ4n) is 2.90. The van der Waals surface area contributed by atoms with Crippen LogP contribution in [0.1, 0.15) is 36.4 Å². The van der Waals surface area contributed by atoms with Gasteiger partial charge in [0.1, 0.15) is 0 Å². The molecule has 1 aliphatic rings. The van der Waals surface area contributed by atoms with E-state index in [0.717, 1.165) is 43.6 Å². The van der Waals surface area contributed by atoms with Gasteiger partial charge >= 0.3 is 0 Å². The van der Waals surface area contributed by atoms with E-state index in [2.05, 4.69) is 15.0 Å². The molecule has 22 heavy (non-hydrogen) atoms. The zero-order chi connectivity index (χ0) is 15.2. The van der Waals surface area contributed by atoms with Crippen LogP contribution in [-0.4, -0.2) is 38.8 Å². The molecule has 2 aromatic rings. The minimum absolute atomic E-state index is 0.237. The fraction of sp³-hybridized carbons (Fsp3) is 0.412. The molecule has 0 atom stereocenters. The van der Waals surface area contributed by atoms with Gasteiger partial charge in [0.15, 0.2) is 0 Å². The van der Waals surface area contributed by atoms with Gasteiger partial charge in [-0.05, 0) is 30.9 Å². The van der Waals surface area contributed by atoms with E-state index in [4.69, 9.17) is 0 Å². The Labute approximate surface area is 130 Å². The molecule has 0 aliphatic carbocycles. The van der Waals surface area contributed by atoms with Crippen molar-refractivity contribution in [2.24, 2.45) is 0 Å². The molecule has 0 aromatic carbocycles. The first-order chi connectivity index (χ1) is 10.8. The van der Waals surface area contributed by atoms with Crippen molar-refractivity contribution in [3.8, 4) is 0 Å². The second-order valence-electron chi connectivity index (χ2n) is 5.65. The molecule has 114 valence electrons. The van der Waals surface area contributed by atoms with Gasteiger partial charge in [0.2, 0.25) is 5.91 Å². The predicted molar refractivity (Wildman–Crippen MR) is 83.1 cm³/mol. The topological polar surface area (TPSA) is 59.0 Å². The normalized spacial score (nSPS) is 15.7. The van der Waals surface area contributed by atoms with Gasteiger partial charge in [-0.15, -0.1) is 0 Å². The molecule has 0 saturated carbocycles. The summed E-state index contributed by atoms with van der Waals surface area (Å²) in [6.45, 7) is 1.63. The fourth-order valence-corrected chi connectivity index (χ4v) is 2.90. The maximum atomic E-state index is 12.3. The number of amides is 1. The van der Waals surface area contributed by atoms with E-state index in [-0.39, 0.29) is 5.91 Å². The van der Waals surface area contributed by atoms with E-state index >= 15 is 0 Å². The van der Waals surface area contributed by atoms with Crippen LogP contribution in [0.3, 0.4) is 0 Å². The molecular weight excluding hydrogens is 276 g/mol. The number of aromatic nitrogens is 3. The number of piperidine rings is 1. The van der Waals surface area contributed by atoms with Crippen LogP contribution in [0.5, 0.6) is 0 Å². The molecule has 5 nitrogen and oxygen atoms in total. The largest absolute Gasteiger partial charge is 0.343 e. The maximum absolute atomic E-state index is 12.3. The maximum Gasteiger partial charge on any atom is 0.222 e. The van der Waals surface area contributed by atoms with Crippen LogP contribution in [0.15, 0.2) is 43.1 Å². The smallest absolute Gasteiger partial charge is 0.222 e. The van der Waals surface area contributed by atoms with E-state index in [1.807, 2.05) is 29.4 Å². The zero-order valence-electron chi connectivity index (χ0n) is 12.6. The molecule has 1 aliphatic heterocycles. The molecule has 1 amide bonds. The average Bonchev–Trinajstić information content (AvgIpc) is 2.61. The summed E-state index contributed by atoms with van der Waals surface area (Å²) in [5, 5.41) is 0. The Morgan fingerprint density at radius 3 is 2.64 bits per heavy atom. The van der Waals surface area contributed by atoms with E-state index in [9.17, 15) is 4.79 Å². The Bertz CT molecular complexity index is 595.